The highest BCUT2D eigenvalue weighted by Crippen LogP contribution is 2.33. The topological polar surface area (TPSA) is 58.6 Å². The van der Waals surface area contributed by atoms with Crippen molar-refractivity contribution in [2.75, 3.05) is 24.5 Å². The van der Waals surface area contributed by atoms with E-state index < -0.39 is 6.36 Å². The van der Waals surface area contributed by atoms with Gasteiger partial charge in [-0.1, -0.05) is 36.4 Å². The van der Waals surface area contributed by atoms with Crippen molar-refractivity contribution in [3.63, 3.8) is 0 Å². The Balaban J connectivity index is 0.00000353. The van der Waals surface area contributed by atoms with E-state index in [-0.39, 0.29) is 42.3 Å². The fourth-order valence-electron chi connectivity index (χ4n) is 4.72. The van der Waals surface area contributed by atoms with E-state index in [2.05, 4.69) is 19.8 Å². The van der Waals surface area contributed by atoms with Gasteiger partial charge in [-0.15, -0.1) is 35.8 Å². The van der Waals surface area contributed by atoms with Crippen molar-refractivity contribution >= 4 is 34.9 Å². The zero-order valence-corrected chi connectivity index (χ0v) is 21.7. The first kappa shape index (κ1) is 28.1. The number of benzene rings is 3. The average Bonchev–Trinajstić information content (AvgIpc) is 2.89. The maximum Gasteiger partial charge on any atom is 0.573 e. The summed E-state index contributed by atoms with van der Waals surface area (Å²) in [5.74, 6) is -0.0408. The van der Waals surface area contributed by atoms with Gasteiger partial charge in [0.2, 0.25) is 5.91 Å². The molecule has 1 saturated heterocycles. The van der Waals surface area contributed by atoms with Crippen molar-refractivity contribution in [2.45, 2.75) is 25.7 Å². The summed E-state index contributed by atoms with van der Waals surface area (Å²) in [6.45, 7) is 3.48. The Hall–Kier alpha value is -3.92. The second-order valence-electron chi connectivity index (χ2n) is 9.18. The van der Waals surface area contributed by atoms with Crippen LogP contribution in [0.2, 0.25) is 0 Å². The van der Waals surface area contributed by atoms with Gasteiger partial charge in [0.25, 0.3) is 0 Å². The fraction of sp³-hybridized carbons (Fsp3) is 0.250. The van der Waals surface area contributed by atoms with Gasteiger partial charge < -0.3 is 14.5 Å². The van der Waals surface area contributed by atoms with Gasteiger partial charge in [0.05, 0.1) is 6.42 Å². The molecular formula is C28H25ClF4N4O2. The summed E-state index contributed by atoms with van der Waals surface area (Å²) in [7, 11) is 0. The van der Waals surface area contributed by atoms with Crippen LogP contribution in [0.1, 0.15) is 12.5 Å². The fourth-order valence-corrected chi connectivity index (χ4v) is 4.72. The smallest absolute Gasteiger partial charge is 0.406 e. The number of carbonyl (C=O) groups is 1. The minimum absolute atomic E-state index is 0. The predicted molar refractivity (Wildman–Crippen MR) is 142 cm³/mol. The lowest BCUT2D eigenvalue weighted by Gasteiger charge is -2.40. The van der Waals surface area contributed by atoms with Crippen molar-refractivity contribution in [1.29, 1.82) is 0 Å². The van der Waals surface area contributed by atoms with E-state index in [4.69, 9.17) is 0 Å². The van der Waals surface area contributed by atoms with Gasteiger partial charge in [-0.2, -0.15) is 0 Å². The van der Waals surface area contributed by atoms with Crippen LogP contribution in [0.15, 0.2) is 72.8 Å². The number of alkyl halides is 3. The van der Waals surface area contributed by atoms with Crippen molar-refractivity contribution in [1.82, 2.24) is 15.1 Å². The Morgan fingerprint density at radius 3 is 2.26 bits per heavy atom. The number of rotatable bonds is 5. The molecule has 1 aromatic heterocycles. The molecule has 1 amide bonds. The van der Waals surface area contributed by atoms with E-state index in [0.29, 0.717) is 36.7 Å². The van der Waals surface area contributed by atoms with Gasteiger partial charge in [0.15, 0.2) is 5.82 Å². The molecular weight excluding hydrogens is 536 g/mol. The number of halogens is 5. The van der Waals surface area contributed by atoms with E-state index in [1.54, 1.807) is 17.0 Å². The molecule has 2 heterocycles. The third-order valence-electron chi connectivity index (χ3n) is 6.55. The molecule has 0 bridgehead atoms. The van der Waals surface area contributed by atoms with E-state index >= 15 is 0 Å². The quantitative estimate of drug-likeness (QED) is 0.279. The Bertz CT molecular complexity index is 1450. The summed E-state index contributed by atoms with van der Waals surface area (Å²) in [6, 6.07) is 19.2. The van der Waals surface area contributed by atoms with Gasteiger partial charge in [0, 0.05) is 42.0 Å². The van der Waals surface area contributed by atoms with Crippen molar-refractivity contribution in [3.05, 3.63) is 84.2 Å². The van der Waals surface area contributed by atoms with Crippen LogP contribution in [0.25, 0.3) is 22.0 Å². The monoisotopic (exact) mass is 560 g/mol. The van der Waals surface area contributed by atoms with E-state index in [1.165, 1.54) is 36.4 Å². The molecule has 5 rings (SSSR count). The van der Waals surface area contributed by atoms with Crippen LogP contribution in [0, 0.1) is 5.82 Å². The van der Waals surface area contributed by atoms with Crippen molar-refractivity contribution in [2.24, 2.45) is 0 Å². The highest BCUT2D eigenvalue weighted by atomic mass is 35.5. The lowest BCUT2D eigenvalue weighted by atomic mass is 10.0. The number of fused-ring (bicyclic) bond motifs is 1. The minimum atomic E-state index is -4.76. The van der Waals surface area contributed by atoms with E-state index in [1.807, 2.05) is 31.2 Å². The minimum Gasteiger partial charge on any atom is -0.406 e. The highest BCUT2D eigenvalue weighted by molar-refractivity contribution is 6.00. The first-order chi connectivity index (χ1) is 18.2. The number of hydrogen-bond acceptors (Lipinski definition) is 5. The molecule has 0 aliphatic carbocycles. The van der Waals surface area contributed by atoms with Crippen LogP contribution in [0.4, 0.5) is 23.4 Å². The number of carbonyl (C=O) groups excluding carboxylic acids is 1. The Morgan fingerprint density at radius 1 is 0.949 bits per heavy atom. The van der Waals surface area contributed by atoms with Gasteiger partial charge in [-0.25, -0.2) is 4.39 Å². The molecule has 1 unspecified atom stereocenters. The molecule has 1 atom stereocenters. The van der Waals surface area contributed by atoms with Crippen LogP contribution in [0.5, 0.6) is 5.75 Å². The first-order valence-electron chi connectivity index (χ1n) is 12.1. The van der Waals surface area contributed by atoms with Crippen molar-refractivity contribution in [3.8, 4) is 17.0 Å². The van der Waals surface area contributed by atoms with E-state index in [9.17, 15) is 22.4 Å². The molecule has 1 fully saturated rings. The number of nitrogens with zero attached hydrogens (tertiary/aromatic N) is 4. The third-order valence-corrected chi connectivity index (χ3v) is 6.55. The predicted octanol–water partition coefficient (Wildman–Crippen LogP) is 6.04. The summed E-state index contributed by atoms with van der Waals surface area (Å²) in [5, 5.41) is 10.8. The maximum atomic E-state index is 13.4. The number of amides is 1. The van der Waals surface area contributed by atoms with Gasteiger partial charge in [-0.05, 0) is 48.9 Å². The number of hydrogen-bond donors (Lipinski definition) is 0. The first-order valence-corrected chi connectivity index (χ1v) is 12.1. The molecule has 3 aromatic carbocycles. The summed E-state index contributed by atoms with van der Waals surface area (Å²) < 4.78 is 54.4. The largest absolute Gasteiger partial charge is 0.573 e. The Kier molecular flexibility index (Phi) is 8.25. The molecule has 0 N–H and O–H groups in total. The zero-order chi connectivity index (χ0) is 26.9. The molecule has 0 spiro atoms. The molecule has 6 nitrogen and oxygen atoms in total. The average molecular weight is 561 g/mol. The standard InChI is InChI=1S/C28H24F4N4O2.ClH/c1-18-17-35(25(37)16-19-6-12-22(13-7-19)38-28(30,31)32)14-15-36(18)27-24-5-3-2-4-23(24)26(33-34-27)20-8-10-21(29)11-9-20;/h2-13,18H,14-17H2,1H3;1H. The van der Waals surface area contributed by atoms with Crippen LogP contribution >= 0.6 is 12.4 Å². The van der Waals surface area contributed by atoms with E-state index in [0.717, 1.165) is 16.3 Å². The highest BCUT2D eigenvalue weighted by Gasteiger charge is 2.31. The molecule has 4 aromatic rings. The summed E-state index contributed by atoms with van der Waals surface area (Å²) in [4.78, 5) is 16.8. The molecule has 11 heteroatoms. The number of piperazine rings is 1. The van der Waals surface area contributed by atoms with Gasteiger partial charge >= 0.3 is 6.36 Å². The van der Waals surface area contributed by atoms with Crippen molar-refractivity contribution < 1.29 is 27.1 Å². The van der Waals surface area contributed by atoms with Crippen LogP contribution in [-0.2, 0) is 11.2 Å². The zero-order valence-electron chi connectivity index (χ0n) is 20.9. The van der Waals surface area contributed by atoms with Crippen LogP contribution < -0.4 is 9.64 Å². The number of anilines is 1. The molecule has 0 saturated carbocycles. The number of ether oxygens (including phenoxy) is 1. The Morgan fingerprint density at radius 2 is 1.62 bits per heavy atom. The van der Waals surface area contributed by atoms with Crippen LogP contribution in [-0.4, -0.2) is 53.0 Å². The summed E-state index contributed by atoms with van der Waals surface area (Å²) in [5.41, 5.74) is 2.04. The second-order valence-corrected chi connectivity index (χ2v) is 9.18. The lowest BCUT2D eigenvalue weighted by molar-refractivity contribution is -0.274. The maximum absolute atomic E-state index is 13.4. The van der Waals surface area contributed by atoms with Gasteiger partial charge in [-0.3, -0.25) is 4.79 Å². The molecule has 1 aliphatic heterocycles. The molecule has 1 aliphatic rings. The third kappa shape index (κ3) is 6.39. The molecule has 39 heavy (non-hydrogen) atoms. The van der Waals surface area contributed by atoms with Gasteiger partial charge in [0.1, 0.15) is 17.3 Å². The second kappa shape index (κ2) is 11.4. The SMILES string of the molecule is CC1CN(C(=O)Cc2ccc(OC(F)(F)F)cc2)CCN1c1nnc(-c2ccc(F)cc2)c2ccccc12.Cl. The number of aromatic nitrogens is 2. The molecule has 0 radical (unpaired) electrons. The lowest BCUT2D eigenvalue weighted by Crippen LogP contribution is -2.54. The van der Waals surface area contributed by atoms with Crippen LogP contribution in [0.3, 0.4) is 0 Å². The normalized spacial score (nSPS) is 15.7. The Labute approximate surface area is 228 Å². The summed E-state index contributed by atoms with van der Waals surface area (Å²) >= 11 is 0. The molecule has 204 valence electrons. The summed E-state index contributed by atoms with van der Waals surface area (Å²) in [6.07, 6.45) is -4.68.